The van der Waals surface area contributed by atoms with Gasteiger partial charge in [-0.25, -0.2) is 4.79 Å². The molecule has 0 aromatic carbocycles. The number of hydrogen-bond donors (Lipinski definition) is 0. The van der Waals surface area contributed by atoms with E-state index in [9.17, 15) is 4.79 Å². The van der Waals surface area contributed by atoms with Gasteiger partial charge in [0.15, 0.2) is 0 Å². The molecule has 0 saturated heterocycles. The molecule has 0 N–H and O–H groups in total. The van der Waals surface area contributed by atoms with Crippen molar-refractivity contribution in [2.75, 3.05) is 6.61 Å². The first-order chi connectivity index (χ1) is 6.24. The van der Waals surface area contributed by atoms with Gasteiger partial charge in [0, 0.05) is 5.38 Å². The van der Waals surface area contributed by atoms with E-state index in [-0.39, 0.29) is 5.97 Å². The minimum absolute atomic E-state index is 0.248. The molecule has 0 atom stereocenters. The van der Waals surface area contributed by atoms with Crippen LogP contribution in [0.5, 0.6) is 0 Å². The minimum Gasteiger partial charge on any atom is -0.458 e. The lowest BCUT2D eigenvalue weighted by atomic mass is 10.3. The summed E-state index contributed by atoms with van der Waals surface area (Å²) in [5.74, 6) is -0.248. The fourth-order valence-electron chi connectivity index (χ4n) is 0.727. The highest BCUT2D eigenvalue weighted by molar-refractivity contribution is 7.08. The van der Waals surface area contributed by atoms with Crippen LogP contribution < -0.4 is 0 Å². The first-order valence-electron chi connectivity index (χ1n) is 4.05. The predicted molar refractivity (Wildman–Crippen MR) is 54.0 cm³/mol. The maximum Gasteiger partial charge on any atom is 0.339 e. The standard InChI is InChI=1S/C10H12O2S/c1-3-8(2)6-12-10(11)9-4-5-13-7-9/h3-5,7H,6H2,1-2H3. The summed E-state index contributed by atoms with van der Waals surface area (Å²) in [4.78, 5) is 11.3. The maximum absolute atomic E-state index is 11.3. The van der Waals surface area contributed by atoms with Gasteiger partial charge in [-0.3, -0.25) is 0 Å². The molecular formula is C10H12O2S. The first kappa shape index (κ1) is 9.99. The van der Waals surface area contributed by atoms with Crippen LogP contribution in [0.3, 0.4) is 0 Å². The van der Waals surface area contributed by atoms with Crippen molar-refractivity contribution < 1.29 is 9.53 Å². The second-order valence-electron chi connectivity index (χ2n) is 2.72. The third-order valence-corrected chi connectivity index (χ3v) is 2.36. The maximum atomic E-state index is 11.3. The molecule has 2 nitrogen and oxygen atoms in total. The van der Waals surface area contributed by atoms with E-state index in [0.717, 1.165) is 5.57 Å². The molecule has 0 bridgehead atoms. The molecule has 1 aromatic heterocycles. The number of carbonyl (C=O) groups is 1. The monoisotopic (exact) mass is 196 g/mol. The summed E-state index contributed by atoms with van der Waals surface area (Å²) < 4.78 is 5.04. The molecule has 0 spiro atoms. The summed E-state index contributed by atoms with van der Waals surface area (Å²) in [6, 6.07) is 1.76. The molecule has 1 aromatic rings. The van der Waals surface area contributed by atoms with Crippen molar-refractivity contribution in [2.24, 2.45) is 0 Å². The Balaban J connectivity index is 2.44. The fraction of sp³-hybridized carbons (Fsp3) is 0.300. The molecule has 1 heterocycles. The third kappa shape index (κ3) is 3.03. The van der Waals surface area contributed by atoms with Gasteiger partial charge >= 0.3 is 5.97 Å². The van der Waals surface area contributed by atoms with Crippen LogP contribution in [0.4, 0.5) is 0 Å². The van der Waals surface area contributed by atoms with Crippen LogP contribution >= 0.6 is 11.3 Å². The minimum atomic E-state index is -0.248. The fourth-order valence-corrected chi connectivity index (χ4v) is 1.35. The van der Waals surface area contributed by atoms with Crippen molar-refractivity contribution in [1.29, 1.82) is 0 Å². The van der Waals surface area contributed by atoms with Gasteiger partial charge in [0.1, 0.15) is 6.61 Å². The Hall–Kier alpha value is -1.09. The average molecular weight is 196 g/mol. The van der Waals surface area contributed by atoms with Gasteiger partial charge in [-0.05, 0) is 30.9 Å². The Labute approximate surface area is 81.8 Å². The molecule has 0 fully saturated rings. The summed E-state index contributed by atoms with van der Waals surface area (Å²) >= 11 is 1.49. The molecule has 13 heavy (non-hydrogen) atoms. The molecular weight excluding hydrogens is 184 g/mol. The number of hydrogen-bond acceptors (Lipinski definition) is 3. The smallest absolute Gasteiger partial charge is 0.339 e. The van der Waals surface area contributed by atoms with Crippen molar-refractivity contribution >= 4 is 17.3 Å². The Kier molecular flexibility index (Phi) is 3.71. The van der Waals surface area contributed by atoms with E-state index in [2.05, 4.69) is 0 Å². The largest absolute Gasteiger partial charge is 0.458 e. The normalized spacial score (nSPS) is 11.4. The van der Waals surface area contributed by atoms with Crippen molar-refractivity contribution in [3.8, 4) is 0 Å². The van der Waals surface area contributed by atoms with E-state index in [1.165, 1.54) is 11.3 Å². The van der Waals surface area contributed by atoms with Gasteiger partial charge in [0.2, 0.25) is 0 Å². The van der Waals surface area contributed by atoms with Crippen molar-refractivity contribution in [2.45, 2.75) is 13.8 Å². The second-order valence-corrected chi connectivity index (χ2v) is 3.50. The van der Waals surface area contributed by atoms with Gasteiger partial charge < -0.3 is 4.74 Å². The van der Waals surface area contributed by atoms with Crippen LogP contribution in [0.1, 0.15) is 24.2 Å². The Bertz CT molecular complexity index is 299. The van der Waals surface area contributed by atoms with Gasteiger partial charge in [0.25, 0.3) is 0 Å². The van der Waals surface area contributed by atoms with Crippen molar-refractivity contribution in [3.63, 3.8) is 0 Å². The molecule has 1 rings (SSSR count). The lowest BCUT2D eigenvalue weighted by Gasteiger charge is -2.02. The lowest BCUT2D eigenvalue weighted by molar-refractivity contribution is 0.0540. The molecule has 0 amide bonds. The Morgan fingerprint density at radius 1 is 1.69 bits per heavy atom. The number of thiophene rings is 1. The Morgan fingerprint density at radius 2 is 2.46 bits per heavy atom. The summed E-state index contributed by atoms with van der Waals surface area (Å²) in [5.41, 5.74) is 1.69. The van der Waals surface area contributed by atoms with Crippen LogP contribution in [0, 0.1) is 0 Å². The Morgan fingerprint density at radius 3 is 3.00 bits per heavy atom. The molecule has 0 unspecified atom stereocenters. The number of rotatable bonds is 3. The van der Waals surface area contributed by atoms with Crippen molar-refractivity contribution in [1.82, 2.24) is 0 Å². The quantitative estimate of drug-likeness (QED) is 0.549. The highest BCUT2D eigenvalue weighted by atomic mass is 32.1. The highest BCUT2D eigenvalue weighted by Crippen LogP contribution is 2.08. The second kappa shape index (κ2) is 4.82. The van der Waals surface area contributed by atoms with Gasteiger partial charge in [0.05, 0.1) is 5.56 Å². The SMILES string of the molecule is CC=C(C)COC(=O)c1ccsc1. The van der Waals surface area contributed by atoms with Gasteiger partial charge in [-0.15, -0.1) is 0 Å². The van der Waals surface area contributed by atoms with E-state index in [0.29, 0.717) is 12.2 Å². The van der Waals surface area contributed by atoms with E-state index in [4.69, 9.17) is 4.74 Å². The van der Waals surface area contributed by atoms with Crippen LogP contribution in [0.15, 0.2) is 28.5 Å². The van der Waals surface area contributed by atoms with Gasteiger partial charge in [-0.1, -0.05) is 6.08 Å². The molecule has 3 heteroatoms. The summed E-state index contributed by atoms with van der Waals surface area (Å²) in [6.45, 7) is 4.24. The average Bonchev–Trinajstić information content (AvgIpc) is 2.66. The number of esters is 1. The highest BCUT2D eigenvalue weighted by Gasteiger charge is 2.06. The predicted octanol–water partition coefficient (Wildman–Crippen LogP) is 2.87. The lowest BCUT2D eigenvalue weighted by Crippen LogP contribution is -2.05. The van der Waals surface area contributed by atoms with E-state index < -0.39 is 0 Å². The van der Waals surface area contributed by atoms with Crippen LogP contribution in [-0.2, 0) is 4.74 Å². The van der Waals surface area contributed by atoms with E-state index in [1.54, 1.807) is 11.4 Å². The topological polar surface area (TPSA) is 26.3 Å². The molecule has 70 valence electrons. The summed E-state index contributed by atoms with van der Waals surface area (Å²) in [7, 11) is 0. The number of carbonyl (C=O) groups excluding carboxylic acids is 1. The van der Waals surface area contributed by atoms with Crippen LogP contribution in [0.2, 0.25) is 0 Å². The number of allylic oxidation sites excluding steroid dienone is 1. The summed E-state index contributed by atoms with van der Waals surface area (Å²) in [5, 5.41) is 3.65. The van der Waals surface area contributed by atoms with Gasteiger partial charge in [-0.2, -0.15) is 11.3 Å². The van der Waals surface area contributed by atoms with Crippen molar-refractivity contribution in [3.05, 3.63) is 34.0 Å². The first-order valence-corrected chi connectivity index (χ1v) is 4.99. The zero-order chi connectivity index (χ0) is 9.68. The third-order valence-electron chi connectivity index (χ3n) is 1.68. The van der Waals surface area contributed by atoms with E-state index >= 15 is 0 Å². The zero-order valence-corrected chi connectivity index (χ0v) is 8.56. The molecule has 0 radical (unpaired) electrons. The van der Waals surface area contributed by atoms with Crippen LogP contribution in [-0.4, -0.2) is 12.6 Å². The number of ether oxygens (including phenoxy) is 1. The summed E-state index contributed by atoms with van der Waals surface area (Å²) in [6.07, 6.45) is 1.93. The molecule has 0 saturated carbocycles. The van der Waals surface area contributed by atoms with Crippen LogP contribution in [0.25, 0.3) is 0 Å². The zero-order valence-electron chi connectivity index (χ0n) is 7.74. The molecule has 0 aliphatic carbocycles. The molecule has 0 aliphatic heterocycles. The van der Waals surface area contributed by atoms with E-state index in [1.807, 2.05) is 25.3 Å². The molecule has 0 aliphatic rings.